The number of carbonyl (C=O) groups excluding carboxylic acids is 1. The van der Waals surface area contributed by atoms with Crippen molar-refractivity contribution < 1.29 is 44.2 Å². The van der Waals surface area contributed by atoms with E-state index >= 15 is 0 Å². The minimum atomic E-state index is -1.55. The molecule has 0 aromatic rings. The summed E-state index contributed by atoms with van der Waals surface area (Å²) in [5.74, 6) is -0.353. The van der Waals surface area contributed by atoms with Crippen LogP contribution in [0.3, 0.4) is 0 Å². The zero-order valence-corrected chi connectivity index (χ0v) is 35.6. The van der Waals surface area contributed by atoms with E-state index in [0.29, 0.717) is 13.0 Å². The first-order valence-corrected chi connectivity index (χ1v) is 22.2. The maximum atomic E-state index is 12.8. The van der Waals surface area contributed by atoms with Crippen LogP contribution in [0.25, 0.3) is 0 Å². The van der Waals surface area contributed by atoms with Crippen LogP contribution in [0.4, 0.5) is 0 Å². The molecule has 0 saturated carbocycles. The predicted molar refractivity (Wildman–Crippen MR) is 233 cm³/mol. The van der Waals surface area contributed by atoms with E-state index in [0.717, 1.165) is 83.5 Å². The quantitative estimate of drug-likeness (QED) is 0.0278. The number of aliphatic hydroxyl groups excluding tert-OH is 4. The lowest BCUT2D eigenvalue weighted by Gasteiger charge is -2.39. The van der Waals surface area contributed by atoms with E-state index in [-0.39, 0.29) is 25.6 Å². The molecule has 57 heavy (non-hydrogen) atoms. The van der Waals surface area contributed by atoms with Gasteiger partial charge in [-0.05, 0) is 83.5 Å². The Labute approximate surface area is 346 Å². The Morgan fingerprint density at radius 3 is 1.61 bits per heavy atom. The number of hydrogen-bond acceptors (Lipinski definition) is 9. The number of carbonyl (C=O) groups is 1. The first-order chi connectivity index (χ1) is 27.9. The predicted octanol–water partition coefficient (Wildman–Crippen LogP) is 9.86. The largest absolute Gasteiger partial charge is 0.457 e. The average molecular weight is 801 g/mol. The number of allylic oxidation sites excluding steroid dienone is 14. The molecule has 326 valence electrons. The molecule has 9 nitrogen and oxygen atoms in total. The second-order valence-corrected chi connectivity index (χ2v) is 14.8. The smallest absolute Gasteiger partial charge is 0.306 e. The van der Waals surface area contributed by atoms with Crippen LogP contribution in [0.1, 0.15) is 149 Å². The zero-order valence-electron chi connectivity index (χ0n) is 35.6. The summed E-state index contributed by atoms with van der Waals surface area (Å²) in [6.07, 6.45) is 44.6. The van der Waals surface area contributed by atoms with Crippen molar-refractivity contribution in [2.24, 2.45) is 0 Å². The Morgan fingerprint density at radius 2 is 1.07 bits per heavy atom. The summed E-state index contributed by atoms with van der Waals surface area (Å²) in [6.45, 7) is 4.31. The molecule has 1 rings (SSSR count). The van der Waals surface area contributed by atoms with Gasteiger partial charge in [-0.3, -0.25) is 4.79 Å². The van der Waals surface area contributed by atoms with E-state index in [1.807, 2.05) is 0 Å². The van der Waals surface area contributed by atoms with Gasteiger partial charge in [0.25, 0.3) is 0 Å². The first kappa shape index (κ1) is 52.4. The van der Waals surface area contributed by atoms with Crippen molar-refractivity contribution in [1.82, 2.24) is 0 Å². The fourth-order valence-corrected chi connectivity index (χ4v) is 6.06. The van der Waals surface area contributed by atoms with Gasteiger partial charge in [-0.1, -0.05) is 144 Å². The van der Waals surface area contributed by atoms with Gasteiger partial charge < -0.3 is 39.4 Å². The number of aliphatic hydroxyl groups is 4. The molecule has 1 fully saturated rings. The van der Waals surface area contributed by atoms with E-state index in [9.17, 15) is 25.2 Å². The van der Waals surface area contributed by atoms with Gasteiger partial charge in [-0.2, -0.15) is 0 Å². The maximum absolute atomic E-state index is 12.8. The van der Waals surface area contributed by atoms with Crippen molar-refractivity contribution in [3.05, 3.63) is 85.1 Å². The monoisotopic (exact) mass is 801 g/mol. The van der Waals surface area contributed by atoms with Crippen molar-refractivity contribution in [2.45, 2.75) is 185 Å². The Morgan fingerprint density at radius 1 is 0.579 bits per heavy atom. The topological polar surface area (TPSA) is 135 Å². The molecule has 6 unspecified atom stereocenters. The standard InChI is InChI=1S/C48H80O9/c1-3-5-7-9-11-13-15-17-19-20-21-22-23-25-27-29-31-33-35-37-44(50)56-42(41-55-48-47(53)46(52)45(51)43(39-49)57-48)40-54-38-36-34-32-30-28-26-24-18-16-14-12-10-8-6-4-2/h5,7,10-13,16-19,21-22,25,27,42-43,45-49,51-53H,3-4,6,8-9,14-15,20,23-24,26,28-41H2,1-2H3/b7-5-,12-10-,13-11-,18-16-,19-17-,22-21-,27-25-. The summed E-state index contributed by atoms with van der Waals surface area (Å²) in [7, 11) is 0. The molecule has 0 spiro atoms. The highest BCUT2D eigenvalue weighted by atomic mass is 16.7. The molecule has 0 aromatic heterocycles. The summed E-state index contributed by atoms with van der Waals surface area (Å²) in [6, 6.07) is 0. The average Bonchev–Trinajstić information content (AvgIpc) is 3.21. The van der Waals surface area contributed by atoms with Gasteiger partial charge in [0.1, 0.15) is 30.5 Å². The third-order valence-electron chi connectivity index (χ3n) is 9.55. The zero-order chi connectivity index (χ0) is 41.4. The van der Waals surface area contributed by atoms with Gasteiger partial charge in [0.15, 0.2) is 6.29 Å². The Bertz CT molecular complexity index is 1140. The van der Waals surface area contributed by atoms with Gasteiger partial charge in [0.05, 0.1) is 19.8 Å². The molecular formula is C48H80O9. The summed E-state index contributed by atoms with van der Waals surface area (Å²) in [5.41, 5.74) is 0. The molecule has 0 bridgehead atoms. The lowest BCUT2D eigenvalue weighted by atomic mass is 9.99. The number of rotatable bonds is 36. The maximum Gasteiger partial charge on any atom is 0.306 e. The normalized spacial score (nSPS) is 21.3. The fraction of sp³-hybridized carbons (Fsp3) is 0.688. The van der Waals surface area contributed by atoms with E-state index in [1.165, 1.54) is 38.5 Å². The van der Waals surface area contributed by atoms with Crippen LogP contribution in [-0.2, 0) is 23.7 Å². The van der Waals surface area contributed by atoms with Gasteiger partial charge >= 0.3 is 5.97 Å². The van der Waals surface area contributed by atoms with Crippen molar-refractivity contribution in [3.63, 3.8) is 0 Å². The third kappa shape index (κ3) is 30.1. The summed E-state index contributed by atoms with van der Waals surface area (Å²) in [5, 5.41) is 40.1. The number of esters is 1. The second-order valence-electron chi connectivity index (χ2n) is 14.8. The lowest BCUT2D eigenvalue weighted by Crippen LogP contribution is -2.59. The lowest BCUT2D eigenvalue weighted by molar-refractivity contribution is -0.305. The third-order valence-corrected chi connectivity index (χ3v) is 9.55. The molecule has 1 heterocycles. The van der Waals surface area contributed by atoms with Crippen molar-refractivity contribution in [3.8, 4) is 0 Å². The second kappa shape index (κ2) is 38.9. The van der Waals surface area contributed by atoms with Crippen LogP contribution < -0.4 is 0 Å². The van der Waals surface area contributed by atoms with Crippen LogP contribution in [0.5, 0.6) is 0 Å². The van der Waals surface area contributed by atoms with Crippen molar-refractivity contribution >= 4 is 5.97 Å². The number of ether oxygens (including phenoxy) is 4. The minimum absolute atomic E-state index is 0.118. The molecule has 4 N–H and O–H groups in total. The number of unbranched alkanes of at least 4 members (excludes halogenated alkanes) is 11. The van der Waals surface area contributed by atoms with Crippen LogP contribution in [0.15, 0.2) is 85.1 Å². The highest BCUT2D eigenvalue weighted by molar-refractivity contribution is 5.69. The molecule has 1 saturated heterocycles. The first-order valence-electron chi connectivity index (χ1n) is 22.2. The van der Waals surface area contributed by atoms with Crippen LogP contribution in [0.2, 0.25) is 0 Å². The van der Waals surface area contributed by atoms with Gasteiger partial charge in [0, 0.05) is 13.0 Å². The Balaban J connectivity index is 2.32. The summed E-state index contributed by atoms with van der Waals surface area (Å²) in [4.78, 5) is 12.8. The highest BCUT2D eigenvalue weighted by Crippen LogP contribution is 2.22. The highest BCUT2D eigenvalue weighted by Gasteiger charge is 2.44. The van der Waals surface area contributed by atoms with Crippen molar-refractivity contribution in [1.29, 1.82) is 0 Å². The molecule has 9 heteroatoms. The van der Waals surface area contributed by atoms with E-state index in [1.54, 1.807) is 0 Å². The molecule has 0 radical (unpaired) electrons. The van der Waals surface area contributed by atoms with Gasteiger partial charge in [0.2, 0.25) is 0 Å². The molecule has 1 aliphatic heterocycles. The Hall–Kier alpha value is -2.63. The van der Waals surface area contributed by atoms with Crippen LogP contribution >= 0.6 is 0 Å². The van der Waals surface area contributed by atoms with Crippen LogP contribution in [0, 0.1) is 0 Å². The Kier molecular flexibility index (Phi) is 35.7. The summed E-state index contributed by atoms with van der Waals surface area (Å²) >= 11 is 0. The molecule has 0 aliphatic carbocycles. The molecule has 0 aromatic carbocycles. The van der Waals surface area contributed by atoms with E-state index in [2.05, 4.69) is 98.9 Å². The molecule has 6 atom stereocenters. The molecular weight excluding hydrogens is 721 g/mol. The van der Waals surface area contributed by atoms with E-state index in [4.69, 9.17) is 18.9 Å². The van der Waals surface area contributed by atoms with Crippen LogP contribution in [-0.4, -0.2) is 89.6 Å². The molecule has 1 aliphatic rings. The fourth-order valence-electron chi connectivity index (χ4n) is 6.06. The minimum Gasteiger partial charge on any atom is -0.457 e. The number of hydrogen-bond donors (Lipinski definition) is 4. The SMILES string of the molecule is CC/C=C\C/C=C\C/C=C\C/C=C\C/C=C\CCCCCC(=O)OC(COCCCCCCCC/C=C\C/C=C\CCCC)COC1OC(CO)C(O)C(O)C1O. The summed E-state index contributed by atoms with van der Waals surface area (Å²) < 4.78 is 22.8. The van der Waals surface area contributed by atoms with Crippen molar-refractivity contribution in [2.75, 3.05) is 26.4 Å². The van der Waals surface area contributed by atoms with Gasteiger partial charge in [-0.15, -0.1) is 0 Å². The van der Waals surface area contributed by atoms with Gasteiger partial charge in [-0.25, -0.2) is 0 Å². The molecule has 0 amide bonds. The van der Waals surface area contributed by atoms with E-state index < -0.39 is 43.4 Å².